The molecule has 1 aliphatic rings. The smallest absolute Gasteiger partial charge is 0.330 e. The zero-order valence-electron chi connectivity index (χ0n) is 20.3. The minimum atomic E-state index is -3.06. The molecular formula is C20H34N5O8P. The molecule has 14 heteroatoms. The summed E-state index contributed by atoms with van der Waals surface area (Å²) in [5.74, 6) is -1.06. The molecule has 34 heavy (non-hydrogen) atoms. The molecular weight excluding hydrogens is 469 g/mol. The SMILES string of the molecule is COCCO[C@@H]1[C@H](O)[C@@H]([C@H](OCC(C)C)[C@H](N=[N+]=[N-])P(C)(C)=O)O[C@H]1n1cc(C)c(=O)[nH]c1=O. The van der Waals surface area contributed by atoms with E-state index in [-0.39, 0.29) is 31.3 Å². The van der Waals surface area contributed by atoms with E-state index in [4.69, 9.17) is 24.5 Å². The number of azide groups is 1. The molecule has 13 nitrogen and oxygen atoms in total. The van der Waals surface area contributed by atoms with Crippen molar-refractivity contribution in [1.82, 2.24) is 9.55 Å². The van der Waals surface area contributed by atoms with Crippen molar-refractivity contribution in [2.24, 2.45) is 11.0 Å². The van der Waals surface area contributed by atoms with Crippen LogP contribution in [0.5, 0.6) is 0 Å². The molecule has 1 aromatic rings. The van der Waals surface area contributed by atoms with E-state index >= 15 is 0 Å². The normalized spacial score (nSPS) is 24.7. The molecule has 0 bridgehead atoms. The van der Waals surface area contributed by atoms with Gasteiger partial charge in [-0.3, -0.25) is 14.3 Å². The van der Waals surface area contributed by atoms with Gasteiger partial charge in [-0.15, -0.1) is 0 Å². The van der Waals surface area contributed by atoms with Crippen molar-refractivity contribution in [2.45, 2.75) is 57.2 Å². The quantitative estimate of drug-likeness (QED) is 0.141. The van der Waals surface area contributed by atoms with Gasteiger partial charge in [0.2, 0.25) is 0 Å². The Morgan fingerprint density at radius 3 is 2.59 bits per heavy atom. The second-order valence-corrected chi connectivity index (χ2v) is 12.4. The van der Waals surface area contributed by atoms with E-state index in [9.17, 15) is 19.3 Å². The molecule has 0 spiro atoms. The van der Waals surface area contributed by atoms with Crippen LogP contribution in [-0.4, -0.2) is 85.1 Å². The molecule has 2 rings (SSSR count). The molecule has 1 saturated heterocycles. The Morgan fingerprint density at radius 2 is 2.03 bits per heavy atom. The number of hydrogen-bond acceptors (Lipinski definition) is 9. The van der Waals surface area contributed by atoms with Gasteiger partial charge in [0.05, 0.1) is 20.4 Å². The number of hydrogen-bond donors (Lipinski definition) is 2. The Bertz CT molecular complexity index is 1030. The maximum Gasteiger partial charge on any atom is 0.330 e. The highest BCUT2D eigenvalue weighted by atomic mass is 31.2. The van der Waals surface area contributed by atoms with Crippen molar-refractivity contribution in [3.63, 3.8) is 0 Å². The van der Waals surface area contributed by atoms with Crippen LogP contribution in [0.2, 0.25) is 0 Å². The number of methoxy groups -OCH3 is 1. The molecule has 2 heterocycles. The van der Waals surface area contributed by atoms with E-state index in [2.05, 4.69) is 15.0 Å². The third-order valence-corrected chi connectivity index (χ3v) is 6.99. The highest BCUT2D eigenvalue weighted by molar-refractivity contribution is 7.63. The van der Waals surface area contributed by atoms with Crippen molar-refractivity contribution >= 4 is 7.14 Å². The van der Waals surface area contributed by atoms with Crippen LogP contribution in [0.15, 0.2) is 20.9 Å². The molecule has 0 saturated carbocycles. The number of aromatic nitrogens is 2. The van der Waals surface area contributed by atoms with Gasteiger partial charge in [0, 0.05) is 30.4 Å². The molecule has 2 N–H and O–H groups in total. The number of aryl methyl sites for hydroxylation is 1. The van der Waals surface area contributed by atoms with Crippen LogP contribution in [-0.2, 0) is 23.5 Å². The van der Waals surface area contributed by atoms with Gasteiger partial charge in [-0.1, -0.05) is 19.0 Å². The van der Waals surface area contributed by atoms with Gasteiger partial charge in [-0.2, -0.15) is 0 Å². The monoisotopic (exact) mass is 503 g/mol. The lowest BCUT2D eigenvalue weighted by Gasteiger charge is -2.33. The summed E-state index contributed by atoms with van der Waals surface area (Å²) in [4.78, 5) is 29.5. The van der Waals surface area contributed by atoms with Gasteiger partial charge >= 0.3 is 5.69 Å². The zero-order valence-corrected chi connectivity index (χ0v) is 21.2. The van der Waals surface area contributed by atoms with Gasteiger partial charge in [-0.25, -0.2) is 4.79 Å². The van der Waals surface area contributed by atoms with E-state index in [1.165, 1.54) is 33.6 Å². The molecule has 1 aliphatic heterocycles. The lowest BCUT2D eigenvalue weighted by atomic mass is 10.0. The molecule has 1 fully saturated rings. The molecule has 192 valence electrons. The fourth-order valence-electron chi connectivity index (χ4n) is 3.64. The number of aliphatic hydroxyl groups excluding tert-OH is 1. The molecule has 0 radical (unpaired) electrons. The molecule has 0 unspecified atom stereocenters. The topological polar surface area (TPSA) is 178 Å². The van der Waals surface area contributed by atoms with Gasteiger partial charge in [0.1, 0.15) is 30.2 Å². The highest BCUT2D eigenvalue weighted by Crippen LogP contribution is 2.48. The molecule has 0 aliphatic carbocycles. The van der Waals surface area contributed by atoms with Crippen molar-refractivity contribution in [3.8, 4) is 0 Å². The average Bonchev–Trinajstić information content (AvgIpc) is 3.05. The largest absolute Gasteiger partial charge is 0.387 e. The fraction of sp³-hybridized carbons (Fsp3) is 0.800. The first-order valence-electron chi connectivity index (χ1n) is 10.9. The Balaban J connectivity index is 2.55. The summed E-state index contributed by atoms with van der Waals surface area (Å²) in [6.07, 6.45) is -4.49. The van der Waals surface area contributed by atoms with Crippen LogP contribution in [0.25, 0.3) is 10.4 Å². The molecule has 0 amide bonds. The first-order valence-corrected chi connectivity index (χ1v) is 13.6. The maximum absolute atomic E-state index is 13.0. The third-order valence-electron chi connectivity index (χ3n) is 5.32. The first kappa shape index (κ1) is 28.3. The number of ether oxygens (including phenoxy) is 4. The van der Waals surface area contributed by atoms with Crippen LogP contribution in [0.3, 0.4) is 0 Å². The van der Waals surface area contributed by atoms with E-state index < -0.39 is 54.8 Å². The van der Waals surface area contributed by atoms with Gasteiger partial charge in [-0.05, 0) is 31.7 Å². The summed E-state index contributed by atoms with van der Waals surface area (Å²) in [6.45, 7) is 8.77. The minimum absolute atomic E-state index is 0.0786. The van der Waals surface area contributed by atoms with Gasteiger partial charge < -0.3 is 28.6 Å². The highest BCUT2D eigenvalue weighted by Gasteiger charge is 2.52. The maximum atomic E-state index is 13.0. The summed E-state index contributed by atoms with van der Waals surface area (Å²) in [6, 6.07) is 0. The Morgan fingerprint density at radius 1 is 1.35 bits per heavy atom. The zero-order chi connectivity index (χ0) is 25.6. The second kappa shape index (κ2) is 12.1. The third kappa shape index (κ3) is 6.79. The summed E-state index contributed by atoms with van der Waals surface area (Å²) in [5.41, 5.74) is 8.07. The summed E-state index contributed by atoms with van der Waals surface area (Å²) in [5, 5.41) is 14.9. The summed E-state index contributed by atoms with van der Waals surface area (Å²) < 4.78 is 37.0. The Kier molecular flexibility index (Phi) is 10.1. The van der Waals surface area contributed by atoms with Crippen LogP contribution >= 0.6 is 7.14 Å². The van der Waals surface area contributed by atoms with Crippen LogP contribution < -0.4 is 11.2 Å². The Hall–Kier alpha value is -1.98. The average molecular weight is 503 g/mol. The number of rotatable bonds is 12. The van der Waals surface area contributed by atoms with Crippen LogP contribution in [0.1, 0.15) is 25.6 Å². The lowest BCUT2D eigenvalue weighted by molar-refractivity contribution is -0.114. The van der Waals surface area contributed by atoms with Gasteiger partial charge in [0.25, 0.3) is 5.56 Å². The van der Waals surface area contributed by atoms with Gasteiger partial charge in [0.15, 0.2) is 6.23 Å². The van der Waals surface area contributed by atoms with E-state index in [1.54, 1.807) is 0 Å². The standard InChI is InChI=1S/C20H34N5O8P/c1-11(2)10-32-16(18(23-24-21)34(5,6)29)14-13(26)15(31-8-7-30-4)19(33-14)25-9-12(3)17(27)22-20(25)28/h9,11,13-16,18-19,26H,7-8,10H2,1-6H3,(H,22,27,28)/t13-,14+,15-,16+,18-,19-/m1/s1. The van der Waals surface area contributed by atoms with Crippen molar-refractivity contribution in [2.75, 3.05) is 40.3 Å². The molecule has 1 aromatic heterocycles. The van der Waals surface area contributed by atoms with Crippen molar-refractivity contribution < 1.29 is 28.6 Å². The predicted molar refractivity (Wildman–Crippen MR) is 125 cm³/mol. The number of nitrogens with one attached hydrogen (secondary N) is 1. The minimum Gasteiger partial charge on any atom is -0.387 e. The summed E-state index contributed by atoms with van der Waals surface area (Å²) in [7, 11) is -1.57. The lowest BCUT2D eigenvalue weighted by Crippen LogP contribution is -2.46. The number of nitrogens with zero attached hydrogens (tertiary/aromatic N) is 4. The number of aromatic amines is 1. The number of H-pyrrole nitrogens is 1. The van der Waals surface area contributed by atoms with Crippen molar-refractivity contribution in [3.05, 3.63) is 43.0 Å². The summed E-state index contributed by atoms with van der Waals surface area (Å²) >= 11 is 0. The molecule has 6 atom stereocenters. The Labute approximate surface area is 197 Å². The second-order valence-electron chi connectivity index (χ2n) is 9.03. The van der Waals surface area contributed by atoms with Crippen LogP contribution in [0.4, 0.5) is 0 Å². The number of aliphatic hydroxyl groups is 1. The predicted octanol–water partition coefficient (Wildman–Crippen LogP) is 1.44. The van der Waals surface area contributed by atoms with E-state index in [0.29, 0.717) is 0 Å². The van der Waals surface area contributed by atoms with E-state index in [0.717, 1.165) is 4.57 Å². The van der Waals surface area contributed by atoms with E-state index in [1.807, 2.05) is 13.8 Å². The fourth-order valence-corrected chi connectivity index (χ4v) is 4.90. The van der Waals surface area contributed by atoms with Crippen LogP contribution in [0, 0.1) is 12.8 Å². The van der Waals surface area contributed by atoms with Crippen molar-refractivity contribution in [1.29, 1.82) is 0 Å². The molecule has 0 aromatic carbocycles. The first-order chi connectivity index (χ1) is 15.9.